The first-order valence-corrected chi connectivity index (χ1v) is 8.15. The molecule has 0 saturated carbocycles. The smallest absolute Gasteiger partial charge is 0.122 e. The van der Waals surface area contributed by atoms with Gasteiger partial charge in [0.2, 0.25) is 0 Å². The number of rotatable bonds is 6. The van der Waals surface area contributed by atoms with Gasteiger partial charge in [0.05, 0.1) is 6.61 Å². The first kappa shape index (κ1) is 16.4. The third-order valence-electron chi connectivity index (χ3n) is 4.08. The second-order valence-corrected chi connectivity index (χ2v) is 5.68. The van der Waals surface area contributed by atoms with Gasteiger partial charge in [-0.05, 0) is 60.6 Å². The Kier molecular flexibility index (Phi) is 5.83. The Morgan fingerprint density at radius 2 is 1.59 bits per heavy atom. The molecular weight excluding hydrogens is 268 g/mol. The lowest BCUT2D eigenvalue weighted by molar-refractivity contribution is 0.315. The summed E-state index contributed by atoms with van der Waals surface area (Å²) in [5.74, 6) is 1.00. The van der Waals surface area contributed by atoms with Crippen molar-refractivity contribution in [2.45, 2.75) is 40.5 Å². The zero-order valence-electron chi connectivity index (χ0n) is 14.1. The molecule has 0 amide bonds. The Morgan fingerprint density at radius 3 is 2.23 bits per heavy atom. The molecule has 22 heavy (non-hydrogen) atoms. The number of hydrogen-bond acceptors (Lipinski definition) is 1. The topological polar surface area (TPSA) is 9.23 Å². The molecule has 0 aromatic heterocycles. The van der Waals surface area contributed by atoms with Gasteiger partial charge in [-0.1, -0.05) is 56.3 Å². The first-order chi connectivity index (χ1) is 10.7. The molecule has 0 aliphatic heterocycles. The third kappa shape index (κ3) is 4.00. The van der Waals surface area contributed by atoms with E-state index in [0.717, 1.165) is 25.2 Å². The molecule has 0 aliphatic carbocycles. The zero-order chi connectivity index (χ0) is 15.9. The van der Waals surface area contributed by atoms with Gasteiger partial charge in [0.15, 0.2) is 0 Å². The molecular formula is C21H26O. The summed E-state index contributed by atoms with van der Waals surface area (Å²) in [7, 11) is 0. The fourth-order valence-electron chi connectivity index (χ4n) is 2.42. The maximum absolute atomic E-state index is 5.79. The van der Waals surface area contributed by atoms with Crippen LogP contribution in [0.3, 0.4) is 0 Å². The minimum absolute atomic E-state index is 0.777. The molecule has 0 atom stereocenters. The molecule has 0 bridgehead atoms. The summed E-state index contributed by atoms with van der Waals surface area (Å²) in [5, 5.41) is 0. The standard InChI is InChI=1S/C21H26O/c1-5-15-22-21-14-13-20(16(3)17(21)4)12-11-19-9-7-18(6-2)8-10-19/h7-14H,5-6,15H2,1-4H3. The van der Waals surface area contributed by atoms with E-state index in [1.165, 1.54) is 27.8 Å². The van der Waals surface area contributed by atoms with Crippen LogP contribution < -0.4 is 4.74 Å². The van der Waals surface area contributed by atoms with E-state index in [0.29, 0.717) is 0 Å². The van der Waals surface area contributed by atoms with Crippen LogP contribution in [-0.2, 0) is 6.42 Å². The summed E-state index contributed by atoms with van der Waals surface area (Å²) in [4.78, 5) is 0. The van der Waals surface area contributed by atoms with Gasteiger partial charge in [-0.3, -0.25) is 0 Å². The molecule has 1 heteroatoms. The fraction of sp³-hybridized carbons (Fsp3) is 0.333. The van der Waals surface area contributed by atoms with E-state index in [1.807, 2.05) is 0 Å². The van der Waals surface area contributed by atoms with E-state index in [9.17, 15) is 0 Å². The Bertz CT molecular complexity index is 636. The van der Waals surface area contributed by atoms with Gasteiger partial charge in [-0.25, -0.2) is 0 Å². The molecule has 116 valence electrons. The van der Waals surface area contributed by atoms with Crippen LogP contribution in [0.25, 0.3) is 12.2 Å². The van der Waals surface area contributed by atoms with Crippen molar-refractivity contribution in [1.29, 1.82) is 0 Å². The lowest BCUT2D eigenvalue weighted by atomic mass is 10.0. The van der Waals surface area contributed by atoms with Gasteiger partial charge in [-0.15, -0.1) is 0 Å². The Labute approximate surface area is 134 Å². The van der Waals surface area contributed by atoms with Gasteiger partial charge in [-0.2, -0.15) is 0 Å². The number of benzene rings is 2. The molecule has 1 nitrogen and oxygen atoms in total. The summed E-state index contributed by atoms with van der Waals surface area (Å²) < 4.78 is 5.79. The molecule has 2 rings (SSSR count). The summed E-state index contributed by atoms with van der Waals surface area (Å²) >= 11 is 0. The van der Waals surface area contributed by atoms with Crippen molar-refractivity contribution >= 4 is 12.2 Å². The van der Waals surface area contributed by atoms with Crippen LogP contribution in [0.4, 0.5) is 0 Å². The van der Waals surface area contributed by atoms with Gasteiger partial charge < -0.3 is 4.74 Å². The monoisotopic (exact) mass is 294 g/mol. The second kappa shape index (κ2) is 7.84. The summed E-state index contributed by atoms with van der Waals surface area (Å²) in [6, 6.07) is 13.0. The molecule has 0 fully saturated rings. The minimum Gasteiger partial charge on any atom is -0.493 e. The Morgan fingerprint density at radius 1 is 0.864 bits per heavy atom. The first-order valence-electron chi connectivity index (χ1n) is 8.15. The molecule has 0 N–H and O–H groups in total. The van der Waals surface area contributed by atoms with E-state index >= 15 is 0 Å². The highest BCUT2D eigenvalue weighted by molar-refractivity contribution is 5.72. The normalized spacial score (nSPS) is 11.1. The van der Waals surface area contributed by atoms with Crippen LogP contribution in [0.15, 0.2) is 36.4 Å². The highest BCUT2D eigenvalue weighted by Crippen LogP contribution is 2.25. The van der Waals surface area contributed by atoms with E-state index < -0.39 is 0 Å². The lowest BCUT2D eigenvalue weighted by Gasteiger charge is -2.12. The molecule has 0 heterocycles. The minimum atomic E-state index is 0.777. The summed E-state index contributed by atoms with van der Waals surface area (Å²) in [5.41, 5.74) is 6.38. The molecule has 2 aromatic rings. The van der Waals surface area contributed by atoms with Crippen LogP contribution in [0, 0.1) is 13.8 Å². The highest BCUT2D eigenvalue weighted by atomic mass is 16.5. The van der Waals surface area contributed by atoms with Crippen molar-refractivity contribution in [3.63, 3.8) is 0 Å². The van der Waals surface area contributed by atoms with Gasteiger partial charge >= 0.3 is 0 Å². The maximum atomic E-state index is 5.79. The maximum Gasteiger partial charge on any atom is 0.122 e. The van der Waals surface area contributed by atoms with Crippen LogP contribution in [0.2, 0.25) is 0 Å². The van der Waals surface area contributed by atoms with E-state index in [2.05, 4.69) is 76.2 Å². The molecule has 0 saturated heterocycles. The number of hydrogen-bond donors (Lipinski definition) is 0. The van der Waals surface area contributed by atoms with Crippen LogP contribution in [0.5, 0.6) is 5.75 Å². The number of ether oxygens (including phenoxy) is 1. The SMILES string of the molecule is CCCOc1ccc(C=Cc2ccc(CC)cc2)c(C)c1C. The van der Waals surface area contributed by atoms with E-state index in [4.69, 9.17) is 4.74 Å². The van der Waals surface area contributed by atoms with Crippen LogP contribution >= 0.6 is 0 Å². The molecule has 2 aromatic carbocycles. The summed E-state index contributed by atoms with van der Waals surface area (Å²) in [6.45, 7) is 9.38. The lowest BCUT2D eigenvalue weighted by Crippen LogP contribution is -1.99. The number of aryl methyl sites for hydroxylation is 1. The molecule has 0 spiro atoms. The Balaban J connectivity index is 2.18. The van der Waals surface area contributed by atoms with Crippen molar-refractivity contribution in [2.24, 2.45) is 0 Å². The molecule has 0 unspecified atom stereocenters. The average molecular weight is 294 g/mol. The predicted molar refractivity (Wildman–Crippen MR) is 96.5 cm³/mol. The average Bonchev–Trinajstić information content (AvgIpc) is 2.56. The van der Waals surface area contributed by atoms with Crippen LogP contribution in [0.1, 0.15) is 48.1 Å². The molecule has 0 aliphatic rings. The second-order valence-electron chi connectivity index (χ2n) is 5.68. The van der Waals surface area contributed by atoms with Gasteiger partial charge in [0.25, 0.3) is 0 Å². The van der Waals surface area contributed by atoms with Crippen molar-refractivity contribution in [3.05, 3.63) is 64.2 Å². The van der Waals surface area contributed by atoms with E-state index in [-0.39, 0.29) is 0 Å². The van der Waals surface area contributed by atoms with Gasteiger partial charge in [0.1, 0.15) is 5.75 Å². The predicted octanol–water partition coefficient (Wildman–Crippen LogP) is 5.83. The van der Waals surface area contributed by atoms with Crippen molar-refractivity contribution in [3.8, 4) is 5.75 Å². The van der Waals surface area contributed by atoms with E-state index in [1.54, 1.807) is 0 Å². The molecule has 0 radical (unpaired) electrons. The van der Waals surface area contributed by atoms with Gasteiger partial charge in [0, 0.05) is 0 Å². The largest absolute Gasteiger partial charge is 0.493 e. The Hall–Kier alpha value is -2.02. The highest BCUT2D eigenvalue weighted by Gasteiger charge is 2.05. The van der Waals surface area contributed by atoms with Crippen LogP contribution in [-0.4, -0.2) is 6.61 Å². The summed E-state index contributed by atoms with van der Waals surface area (Å²) in [6.07, 6.45) is 6.48. The van der Waals surface area contributed by atoms with Crippen molar-refractivity contribution in [2.75, 3.05) is 6.61 Å². The van der Waals surface area contributed by atoms with Crippen molar-refractivity contribution < 1.29 is 4.74 Å². The zero-order valence-corrected chi connectivity index (χ0v) is 14.1. The third-order valence-corrected chi connectivity index (χ3v) is 4.08. The fourth-order valence-corrected chi connectivity index (χ4v) is 2.42. The van der Waals surface area contributed by atoms with Crippen molar-refractivity contribution in [1.82, 2.24) is 0 Å². The quantitative estimate of drug-likeness (QED) is 0.609.